The van der Waals surface area contributed by atoms with E-state index in [2.05, 4.69) is 9.97 Å². The third kappa shape index (κ3) is 2.94. The lowest BCUT2D eigenvalue weighted by Crippen LogP contribution is -2.06. The topological polar surface area (TPSA) is 122 Å². The van der Waals surface area contributed by atoms with E-state index in [0.717, 1.165) is 16.6 Å². The molecule has 0 aliphatic rings. The van der Waals surface area contributed by atoms with E-state index in [-0.39, 0.29) is 11.4 Å². The number of para-hydroxylation sites is 2. The Morgan fingerprint density at radius 1 is 0.969 bits per heavy atom. The van der Waals surface area contributed by atoms with Crippen molar-refractivity contribution in [1.82, 2.24) is 24.1 Å². The maximum Gasteiger partial charge on any atom is 0.179 e. The van der Waals surface area contributed by atoms with Crippen LogP contribution in [0.3, 0.4) is 0 Å². The van der Waals surface area contributed by atoms with Gasteiger partial charge in [-0.3, -0.25) is 0 Å². The van der Waals surface area contributed by atoms with Gasteiger partial charge in [0, 0.05) is 12.1 Å². The number of hydrogen-bond acceptors (Lipinski definition) is 6. The molecule has 0 amide bonds. The van der Waals surface area contributed by atoms with Crippen LogP contribution < -0.4 is 5.73 Å². The van der Waals surface area contributed by atoms with E-state index in [9.17, 15) is 10.5 Å². The molecular weight excluding hydrogens is 424 g/mol. The van der Waals surface area contributed by atoms with Crippen molar-refractivity contribution in [2.45, 2.75) is 6.54 Å². The quantitative estimate of drug-likeness (QED) is 0.454. The number of benzene rings is 2. The van der Waals surface area contributed by atoms with Gasteiger partial charge in [-0.05, 0) is 29.8 Å². The number of imidazole rings is 1. The smallest absolute Gasteiger partial charge is 0.179 e. The molecule has 154 valence electrons. The van der Waals surface area contributed by atoms with Gasteiger partial charge in [0.1, 0.15) is 29.3 Å². The number of nitrogens with zero attached hydrogens (tertiary/aromatic N) is 7. The van der Waals surface area contributed by atoms with Gasteiger partial charge in [0.2, 0.25) is 0 Å². The van der Waals surface area contributed by atoms with Crippen LogP contribution in [-0.2, 0) is 13.6 Å². The molecule has 0 radical (unpaired) electrons. The van der Waals surface area contributed by atoms with E-state index in [1.165, 1.54) is 0 Å². The number of rotatable bonds is 3. The molecule has 5 aromatic rings. The lowest BCUT2D eigenvalue weighted by molar-refractivity contribution is 0.833. The predicted molar refractivity (Wildman–Crippen MR) is 122 cm³/mol. The highest BCUT2D eigenvalue weighted by atomic mass is 35.5. The highest BCUT2D eigenvalue weighted by Crippen LogP contribution is 2.36. The second-order valence-corrected chi connectivity index (χ2v) is 7.71. The molecule has 0 aliphatic carbocycles. The van der Waals surface area contributed by atoms with Crippen LogP contribution in [0.15, 0.2) is 48.5 Å². The number of nitriles is 2. The summed E-state index contributed by atoms with van der Waals surface area (Å²) < 4.78 is 3.71. The summed E-state index contributed by atoms with van der Waals surface area (Å²) in [6.45, 7) is 0.384. The molecule has 2 N–H and O–H groups in total. The van der Waals surface area contributed by atoms with Gasteiger partial charge in [0.15, 0.2) is 17.0 Å². The molecule has 0 atom stereocenters. The van der Waals surface area contributed by atoms with Gasteiger partial charge in [-0.15, -0.1) is 0 Å². The Labute approximate surface area is 187 Å². The zero-order chi connectivity index (χ0) is 22.4. The summed E-state index contributed by atoms with van der Waals surface area (Å²) in [4.78, 5) is 13.7. The van der Waals surface area contributed by atoms with Crippen molar-refractivity contribution in [3.05, 3.63) is 70.5 Å². The van der Waals surface area contributed by atoms with Gasteiger partial charge in [-0.2, -0.15) is 10.5 Å². The molecule has 9 heteroatoms. The Hall–Kier alpha value is -4.40. The Morgan fingerprint density at radius 3 is 2.34 bits per heavy atom. The van der Waals surface area contributed by atoms with Crippen molar-refractivity contribution < 1.29 is 0 Å². The number of halogens is 1. The zero-order valence-electron chi connectivity index (χ0n) is 16.9. The lowest BCUT2D eigenvalue weighted by Gasteiger charge is -2.08. The number of aryl methyl sites for hydroxylation is 1. The van der Waals surface area contributed by atoms with Crippen LogP contribution in [0.25, 0.3) is 33.6 Å². The lowest BCUT2D eigenvalue weighted by atomic mass is 10.2. The van der Waals surface area contributed by atoms with E-state index >= 15 is 0 Å². The van der Waals surface area contributed by atoms with Gasteiger partial charge in [-0.25, -0.2) is 15.0 Å². The average Bonchev–Trinajstić information content (AvgIpc) is 3.27. The summed E-state index contributed by atoms with van der Waals surface area (Å²) in [5.74, 6) is 0.999. The third-order valence-corrected chi connectivity index (χ3v) is 5.65. The Bertz CT molecular complexity index is 1600. The molecule has 0 unspecified atom stereocenters. The molecule has 0 saturated heterocycles. The summed E-state index contributed by atoms with van der Waals surface area (Å²) in [5, 5.41) is 19.6. The van der Waals surface area contributed by atoms with Gasteiger partial charge in [0.25, 0.3) is 0 Å². The van der Waals surface area contributed by atoms with Crippen LogP contribution >= 0.6 is 11.6 Å². The van der Waals surface area contributed by atoms with Crippen molar-refractivity contribution in [2.24, 2.45) is 7.05 Å². The maximum absolute atomic E-state index is 9.50. The fourth-order valence-corrected chi connectivity index (χ4v) is 3.96. The predicted octanol–water partition coefficient (Wildman–Crippen LogP) is 4.01. The van der Waals surface area contributed by atoms with Crippen LogP contribution in [0.5, 0.6) is 0 Å². The molecule has 0 spiro atoms. The second kappa shape index (κ2) is 7.38. The molecule has 8 nitrogen and oxygen atoms in total. The standard InChI is InChI=1S/C23H15ClN8/c1-31-18-5-3-2-4-15(18)29-22(31)19-20-23(30-17(11-26)16(10-25)28-20)32(21(19)27)12-13-6-8-14(24)9-7-13/h2-9H,12,27H2,1H3. The van der Waals surface area contributed by atoms with Crippen molar-refractivity contribution in [3.8, 4) is 23.5 Å². The molecular formula is C23H15ClN8. The average molecular weight is 439 g/mol. The maximum atomic E-state index is 9.50. The minimum atomic E-state index is -0.0522. The number of anilines is 1. The molecule has 2 aromatic carbocycles. The second-order valence-electron chi connectivity index (χ2n) is 7.27. The highest BCUT2D eigenvalue weighted by molar-refractivity contribution is 6.30. The van der Waals surface area contributed by atoms with Crippen LogP contribution in [-0.4, -0.2) is 24.1 Å². The van der Waals surface area contributed by atoms with Gasteiger partial charge in [-0.1, -0.05) is 35.9 Å². The molecule has 0 bridgehead atoms. The summed E-state index contributed by atoms with van der Waals surface area (Å²) in [5.41, 5.74) is 10.6. The van der Waals surface area contributed by atoms with Crippen molar-refractivity contribution in [3.63, 3.8) is 0 Å². The third-order valence-electron chi connectivity index (χ3n) is 5.39. The minimum Gasteiger partial charge on any atom is -0.384 e. The summed E-state index contributed by atoms with van der Waals surface area (Å²) >= 11 is 6.02. The van der Waals surface area contributed by atoms with Crippen molar-refractivity contribution in [1.29, 1.82) is 10.5 Å². The zero-order valence-corrected chi connectivity index (χ0v) is 17.7. The Kier molecular flexibility index (Phi) is 4.51. The Balaban J connectivity index is 1.83. The monoisotopic (exact) mass is 438 g/mol. The fraction of sp³-hybridized carbons (Fsp3) is 0.0870. The van der Waals surface area contributed by atoms with Crippen LogP contribution in [0, 0.1) is 22.7 Å². The van der Waals surface area contributed by atoms with E-state index in [1.54, 1.807) is 16.7 Å². The number of hydrogen-bond donors (Lipinski definition) is 1. The van der Waals surface area contributed by atoms with Crippen molar-refractivity contribution in [2.75, 3.05) is 5.73 Å². The molecule has 0 aliphatic heterocycles. The van der Waals surface area contributed by atoms with E-state index in [4.69, 9.17) is 22.3 Å². The molecule has 3 heterocycles. The summed E-state index contributed by atoms with van der Waals surface area (Å²) in [6, 6.07) is 19.0. The molecule has 3 aromatic heterocycles. The molecule has 0 fully saturated rings. The van der Waals surface area contributed by atoms with Gasteiger partial charge >= 0.3 is 0 Å². The number of nitrogen functional groups attached to an aromatic ring is 1. The normalized spacial score (nSPS) is 11.0. The number of nitrogens with two attached hydrogens (primary N) is 1. The van der Waals surface area contributed by atoms with Crippen LogP contribution in [0.2, 0.25) is 5.02 Å². The SMILES string of the molecule is Cn1c(-c2c(N)n(Cc3ccc(Cl)cc3)c3nc(C#N)c(C#N)nc23)nc2ccccc21. The highest BCUT2D eigenvalue weighted by Gasteiger charge is 2.25. The van der Waals surface area contributed by atoms with Crippen LogP contribution in [0.4, 0.5) is 5.82 Å². The minimum absolute atomic E-state index is 0.0496. The van der Waals surface area contributed by atoms with Gasteiger partial charge in [0.05, 0.1) is 23.1 Å². The number of aromatic nitrogens is 5. The largest absolute Gasteiger partial charge is 0.384 e. The Morgan fingerprint density at radius 2 is 1.66 bits per heavy atom. The first-order valence-corrected chi connectivity index (χ1v) is 10.1. The van der Waals surface area contributed by atoms with Crippen LogP contribution in [0.1, 0.15) is 17.0 Å². The van der Waals surface area contributed by atoms with Gasteiger partial charge < -0.3 is 14.9 Å². The molecule has 0 saturated carbocycles. The number of fused-ring (bicyclic) bond motifs is 2. The summed E-state index contributed by atoms with van der Waals surface area (Å²) in [7, 11) is 1.90. The van der Waals surface area contributed by atoms with E-state index in [1.807, 2.05) is 60.2 Å². The first kappa shape index (κ1) is 19.6. The first-order chi connectivity index (χ1) is 15.5. The van der Waals surface area contributed by atoms with E-state index in [0.29, 0.717) is 39.9 Å². The fourth-order valence-electron chi connectivity index (χ4n) is 3.83. The van der Waals surface area contributed by atoms with Crippen molar-refractivity contribution >= 4 is 39.6 Å². The molecule has 32 heavy (non-hydrogen) atoms. The summed E-state index contributed by atoms with van der Waals surface area (Å²) in [6.07, 6.45) is 0. The first-order valence-electron chi connectivity index (χ1n) is 9.68. The van der Waals surface area contributed by atoms with E-state index < -0.39 is 0 Å². The molecule has 5 rings (SSSR count).